The van der Waals surface area contributed by atoms with Gasteiger partial charge in [-0.15, -0.1) is 0 Å². The van der Waals surface area contributed by atoms with Crippen LogP contribution in [-0.4, -0.2) is 10.1 Å². The first-order valence-electron chi connectivity index (χ1n) is 1.38. The molecule has 0 heterocycles. The topological polar surface area (TPSA) is 20.2 Å². The lowest BCUT2D eigenvalue weighted by Gasteiger charge is -1.87. The molecule has 1 radical (unpaired) electrons. The van der Waals surface area contributed by atoms with Crippen molar-refractivity contribution in [3.05, 3.63) is 6.92 Å². The predicted molar refractivity (Wildman–Crippen MR) is 24.9 cm³/mol. The van der Waals surface area contributed by atoms with Crippen LogP contribution in [0.25, 0.3) is 0 Å². The summed E-state index contributed by atoms with van der Waals surface area (Å²) in [4.78, 5) is 0. The zero-order valence-electron chi connectivity index (χ0n) is 2.82. The molecule has 0 aromatic carbocycles. The van der Waals surface area contributed by atoms with E-state index < -0.39 is 5.01 Å². The summed E-state index contributed by atoms with van der Waals surface area (Å²) in [5.41, 5.74) is 0. The van der Waals surface area contributed by atoms with Gasteiger partial charge in [0.25, 0.3) is 0 Å². The number of alkyl halides is 1. The fourth-order valence-corrected chi connectivity index (χ4v) is 0. The van der Waals surface area contributed by atoms with Crippen molar-refractivity contribution in [2.24, 2.45) is 0 Å². The van der Waals surface area contributed by atoms with Crippen LogP contribution in [0.2, 0.25) is 0 Å². The van der Waals surface area contributed by atoms with E-state index in [0.29, 0.717) is 6.42 Å². The van der Waals surface area contributed by atoms with Crippen molar-refractivity contribution in [1.29, 1.82) is 0 Å². The molecule has 5 heavy (non-hydrogen) atoms. The van der Waals surface area contributed by atoms with Gasteiger partial charge in [0, 0.05) is 0 Å². The van der Waals surface area contributed by atoms with Gasteiger partial charge in [-0.05, 0) is 13.3 Å². The molecular weight excluding hydrogens is 132 g/mol. The third-order valence-corrected chi connectivity index (χ3v) is 0.696. The molecule has 1 unspecified atom stereocenters. The highest BCUT2D eigenvalue weighted by molar-refractivity contribution is 9.09. The highest BCUT2D eigenvalue weighted by atomic mass is 79.9. The Morgan fingerprint density at radius 1 is 2.00 bits per heavy atom. The van der Waals surface area contributed by atoms with Gasteiger partial charge < -0.3 is 5.11 Å². The van der Waals surface area contributed by atoms with Crippen molar-refractivity contribution in [2.75, 3.05) is 0 Å². The molecular formula is C3H6BrO. The number of hydrogen-bond acceptors (Lipinski definition) is 1. The molecule has 0 aliphatic rings. The van der Waals surface area contributed by atoms with Crippen LogP contribution in [-0.2, 0) is 0 Å². The molecule has 1 nitrogen and oxygen atoms in total. The molecule has 1 atom stereocenters. The normalized spacial score (nSPS) is 15.0. The van der Waals surface area contributed by atoms with Crippen LogP contribution in [0.3, 0.4) is 0 Å². The van der Waals surface area contributed by atoms with Gasteiger partial charge in [-0.1, -0.05) is 15.9 Å². The molecule has 0 amide bonds. The number of halogens is 1. The summed E-state index contributed by atoms with van der Waals surface area (Å²) < 4.78 is 0. The average molecular weight is 138 g/mol. The van der Waals surface area contributed by atoms with Crippen molar-refractivity contribution in [3.63, 3.8) is 0 Å². The lowest BCUT2D eigenvalue weighted by Crippen LogP contribution is -1.87. The van der Waals surface area contributed by atoms with Crippen molar-refractivity contribution >= 4 is 15.9 Å². The zero-order chi connectivity index (χ0) is 4.28. The highest BCUT2D eigenvalue weighted by Gasteiger charge is 1.84. The third-order valence-electron chi connectivity index (χ3n) is 0.238. The molecule has 0 spiro atoms. The lowest BCUT2D eigenvalue weighted by atomic mass is 10.5. The second kappa shape index (κ2) is 2.67. The van der Waals surface area contributed by atoms with Crippen LogP contribution in [0.4, 0.5) is 0 Å². The van der Waals surface area contributed by atoms with Crippen LogP contribution >= 0.6 is 15.9 Å². The molecule has 0 saturated carbocycles. The van der Waals surface area contributed by atoms with Gasteiger partial charge in [-0.3, -0.25) is 0 Å². The predicted octanol–water partition coefficient (Wildman–Crippen LogP) is 0.924. The van der Waals surface area contributed by atoms with Crippen molar-refractivity contribution in [2.45, 2.75) is 11.4 Å². The molecule has 0 bridgehead atoms. The molecule has 31 valence electrons. The van der Waals surface area contributed by atoms with Crippen LogP contribution in [0.5, 0.6) is 0 Å². The summed E-state index contributed by atoms with van der Waals surface area (Å²) in [5, 5.41) is 7.80. The van der Waals surface area contributed by atoms with Gasteiger partial charge in [0.1, 0.15) is 5.01 Å². The van der Waals surface area contributed by atoms with Gasteiger partial charge in [0.2, 0.25) is 0 Å². The largest absolute Gasteiger partial charge is 0.382 e. The van der Waals surface area contributed by atoms with E-state index in [0.717, 1.165) is 0 Å². The van der Waals surface area contributed by atoms with Gasteiger partial charge in [0.05, 0.1) is 0 Å². The Balaban J connectivity index is 2.54. The van der Waals surface area contributed by atoms with Crippen LogP contribution in [0.15, 0.2) is 0 Å². The fourth-order valence-electron chi connectivity index (χ4n) is 0. The zero-order valence-corrected chi connectivity index (χ0v) is 4.40. The van der Waals surface area contributed by atoms with Crippen molar-refractivity contribution in [3.8, 4) is 0 Å². The van der Waals surface area contributed by atoms with Gasteiger partial charge in [-0.25, -0.2) is 0 Å². The number of aliphatic hydroxyl groups excluding tert-OH is 1. The maximum atomic E-state index is 8.22. The minimum absolute atomic E-state index is 0.414. The summed E-state index contributed by atoms with van der Waals surface area (Å²) in [5.74, 6) is 0. The summed E-state index contributed by atoms with van der Waals surface area (Å²) in [7, 11) is 0. The average Bonchev–Trinajstić information content (AvgIpc) is 1.38. The second-order valence-corrected chi connectivity index (χ2v) is 1.78. The Morgan fingerprint density at radius 3 is 2.20 bits per heavy atom. The lowest BCUT2D eigenvalue weighted by molar-refractivity contribution is 0.273. The summed E-state index contributed by atoms with van der Waals surface area (Å²) in [6.45, 7) is 3.39. The molecule has 0 aliphatic carbocycles. The van der Waals surface area contributed by atoms with Crippen LogP contribution in [0, 0.1) is 6.92 Å². The Morgan fingerprint density at radius 2 is 2.20 bits per heavy atom. The number of rotatable bonds is 1. The Labute approximate surface area is 40.1 Å². The summed E-state index contributed by atoms with van der Waals surface area (Å²) >= 11 is 2.87. The Hall–Kier alpha value is 0.440. The molecule has 0 aromatic rings. The molecule has 1 N–H and O–H groups in total. The Kier molecular flexibility index (Phi) is 2.90. The molecule has 0 rings (SSSR count). The van der Waals surface area contributed by atoms with E-state index in [-0.39, 0.29) is 0 Å². The minimum Gasteiger partial charge on any atom is -0.382 e. The SMILES string of the molecule is [CH2]CC(O)Br. The molecule has 0 fully saturated rings. The van der Waals surface area contributed by atoms with Gasteiger partial charge >= 0.3 is 0 Å². The first kappa shape index (κ1) is 5.44. The van der Waals surface area contributed by atoms with Crippen molar-refractivity contribution < 1.29 is 5.11 Å². The van der Waals surface area contributed by atoms with E-state index in [1.54, 1.807) is 0 Å². The number of hydrogen-bond donors (Lipinski definition) is 1. The van der Waals surface area contributed by atoms with Crippen LogP contribution < -0.4 is 0 Å². The Bertz CT molecular complexity index is 20.9. The molecule has 2 heteroatoms. The quantitative estimate of drug-likeness (QED) is 0.534. The summed E-state index contributed by atoms with van der Waals surface area (Å²) in [6, 6.07) is 0. The standard InChI is InChI=1S/C3H6BrO/c1-2-3(4)5/h3,5H,1-2H2. The van der Waals surface area contributed by atoms with Gasteiger partial charge in [0.15, 0.2) is 0 Å². The smallest absolute Gasteiger partial charge is 0.109 e. The maximum Gasteiger partial charge on any atom is 0.109 e. The van der Waals surface area contributed by atoms with Crippen molar-refractivity contribution in [1.82, 2.24) is 0 Å². The number of aliphatic hydroxyl groups is 1. The van der Waals surface area contributed by atoms with Crippen LogP contribution in [0.1, 0.15) is 6.42 Å². The van der Waals surface area contributed by atoms with E-state index in [1.165, 1.54) is 0 Å². The first-order valence-corrected chi connectivity index (χ1v) is 2.30. The monoisotopic (exact) mass is 137 g/mol. The highest BCUT2D eigenvalue weighted by Crippen LogP contribution is 1.95. The molecule has 0 aromatic heterocycles. The van der Waals surface area contributed by atoms with E-state index in [1.807, 2.05) is 0 Å². The van der Waals surface area contributed by atoms with E-state index in [4.69, 9.17) is 5.11 Å². The second-order valence-electron chi connectivity index (χ2n) is 0.723. The maximum absolute atomic E-state index is 8.22. The van der Waals surface area contributed by atoms with E-state index >= 15 is 0 Å². The van der Waals surface area contributed by atoms with E-state index in [2.05, 4.69) is 22.9 Å². The molecule has 0 saturated heterocycles. The minimum atomic E-state index is -0.414. The summed E-state index contributed by atoms with van der Waals surface area (Å²) in [6.07, 6.45) is 0.528. The molecule has 0 aliphatic heterocycles. The van der Waals surface area contributed by atoms with Gasteiger partial charge in [-0.2, -0.15) is 0 Å². The third kappa shape index (κ3) is 4.44. The van der Waals surface area contributed by atoms with E-state index in [9.17, 15) is 0 Å². The first-order chi connectivity index (χ1) is 2.27. The fraction of sp³-hybridized carbons (Fsp3) is 0.667.